The minimum atomic E-state index is -0.285. The molecule has 1 aromatic carbocycles. The van der Waals surface area contributed by atoms with Crippen LogP contribution in [0.3, 0.4) is 0 Å². The van der Waals surface area contributed by atoms with Gasteiger partial charge in [0.15, 0.2) is 0 Å². The van der Waals surface area contributed by atoms with Gasteiger partial charge in [0.05, 0.1) is 5.69 Å². The number of hydrogen-bond donors (Lipinski definition) is 1. The summed E-state index contributed by atoms with van der Waals surface area (Å²) in [5.74, 6) is 0.188. The van der Waals surface area contributed by atoms with Crippen molar-refractivity contribution in [3.8, 4) is 17.1 Å². The highest BCUT2D eigenvalue weighted by molar-refractivity contribution is 6.29. The van der Waals surface area contributed by atoms with Crippen LogP contribution >= 0.6 is 11.6 Å². The van der Waals surface area contributed by atoms with E-state index in [1.807, 2.05) is 37.3 Å². The molecule has 0 radical (unpaired) electrons. The summed E-state index contributed by atoms with van der Waals surface area (Å²) in [5, 5.41) is 11.0. The third-order valence-electron chi connectivity index (χ3n) is 2.90. The van der Waals surface area contributed by atoms with E-state index in [1.54, 1.807) is 6.20 Å². The van der Waals surface area contributed by atoms with Crippen molar-refractivity contribution in [3.05, 3.63) is 63.5 Å². The quantitative estimate of drug-likeness (QED) is 0.787. The zero-order chi connectivity index (χ0) is 14.1. The molecular weight excluding hydrogens is 276 g/mol. The molecule has 5 nitrogen and oxygen atoms in total. The van der Waals surface area contributed by atoms with E-state index in [0.717, 1.165) is 11.3 Å². The molecule has 0 saturated heterocycles. The monoisotopic (exact) mass is 286 g/mol. The third-order valence-corrected chi connectivity index (χ3v) is 3.09. The predicted molar refractivity (Wildman–Crippen MR) is 77.2 cm³/mol. The van der Waals surface area contributed by atoms with E-state index in [1.165, 1.54) is 16.3 Å². The van der Waals surface area contributed by atoms with Crippen LogP contribution in [0.5, 0.6) is 0 Å². The van der Waals surface area contributed by atoms with Gasteiger partial charge < -0.3 is 0 Å². The molecule has 2 heterocycles. The molecule has 0 aliphatic carbocycles. The van der Waals surface area contributed by atoms with Gasteiger partial charge in [-0.3, -0.25) is 9.89 Å². The average Bonchev–Trinajstić information content (AvgIpc) is 2.89. The molecule has 0 unspecified atom stereocenters. The summed E-state index contributed by atoms with van der Waals surface area (Å²) in [6.07, 6.45) is 1.70. The van der Waals surface area contributed by atoms with E-state index in [4.69, 9.17) is 11.6 Å². The zero-order valence-electron chi connectivity index (χ0n) is 10.7. The van der Waals surface area contributed by atoms with Gasteiger partial charge in [-0.15, -0.1) is 0 Å². The van der Waals surface area contributed by atoms with Gasteiger partial charge in [0.2, 0.25) is 11.2 Å². The summed E-state index contributed by atoms with van der Waals surface area (Å²) >= 11 is 5.67. The molecule has 0 spiro atoms. The molecule has 1 N–H and O–H groups in total. The van der Waals surface area contributed by atoms with Crippen molar-refractivity contribution in [1.82, 2.24) is 20.0 Å². The first-order valence-corrected chi connectivity index (χ1v) is 6.39. The molecule has 0 saturated carbocycles. The van der Waals surface area contributed by atoms with Gasteiger partial charge in [-0.1, -0.05) is 41.4 Å². The van der Waals surface area contributed by atoms with Gasteiger partial charge >= 0.3 is 0 Å². The van der Waals surface area contributed by atoms with Gasteiger partial charge in [-0.25, -0.2) is 4.68 Å². The minimum Gasteiger partial charge on any atom is -0.286 e. The molecule has 100 valence electrons. The fraction of sp³-hybridized carbons (Fsp3) is 0.0714. The lowest BCUT2D eigenvalue weighted by Crippen LogP contribution is -2.14. The Bertz CT molecular complexity index is 805. The van der Waals surface area contributed by atoms with Crippen LogP contribution in [-0.4, -0.2) is 20.0 Å². The Morgan fingerprint density at radius 1 is 1.20 bits per heavy atom. The van der Waals surface area contributed by atoms with Crippen LogP contribution in [0, 0.1) is 6.92 Å². The van der Waals surface area contributed by atoms with Crippen LogP contribution in [0.1, 0.15) is 5.56 Å². The van der Waals surface area contributed by atoms with E-state index < -0.39 is 0 Å². The summed E-state index contributed by atoms with van der Waals surface area (Å²) < 4.78 is 1.43. The number of halogens is 1. The SMILES string of the molecule is Cc1ccc(-c2ccn(-c3n[nH]c(Cl)cc3=O)n2)cc1. The lowest BCUT2D eigenvalue weighted by atomic mass is 10.1. The van der Waals surface area contributed by atoms with Crippen LogP contribution in [0.2, 0.25) is 5.15 Å². The van der Waals surface area contributed by atoms with Gasteiger partial charge in [0, 0.05) is 17.8 Å². The lowest BCUT2D eigenvalue weighted by molar-refractivity contribution is 0.807. The van der Waals surface area contributed by atoms with Crippen molar-refractivity contribution in [2.75, 3.05) is 0 Å². The van der Waals surface area contributed by atoms with Gasteiger partial charge in [0.25, 0.3) is 0 Å². The highest BCUT2D eigenvalue weighted by Crippen LogP contribution is 2.17. The third kappa shape index (κ3) is 2.35. The predicted octanol–water partition coefficient (Wildman–Crippen LogP) is 2.58. The second-order valence-electron chi connectivity index (χ2n) is 4.42. The van der Waals surface area contributed by atoms with Crippen molar-refractivity contribution in [2.24, 2.45) is 0 Å². The average molecular weight is 287 g/mol. The van der Waals surface area contributed by atoms with Crippen LogP contribution in [0.4, 0.5) is 0 Å². The number of nitrogens with zero attached hydrogens (tertiary/aromatic N) is 3. The molecule has 3 rings (SSSR count). The number of aromatic nitrogens is 4. The Morgan fingerprint density at radius 2 is 1.95 bits per heavy atom. The second kappa shape index (κ2) is 4.94. The first-order chi connectivity index (χ1) is 9.63. The van der Waals surface area contributed by atoms with E-state index >= 15 is 0 Å². The molecule has 3 aromatic rings. The van der Waals surface area contributed by atoms with Crippen molar-refractivity contribution in [2.45, 2.75) is 6.92 Å². The Hall–Kier alpha value is -2.40. The fourth-order valence-electron chi connectivity index (χ4n) is 1.86. The van der Waals surface area contributed by atoms with E-state index in [-0.39, 0.29) is 16.4 Å². The number of nitrogens with one attached hydrogen (secondary N) is 1. The van der Waals surface area contributed by atoms with Crippen molar-refractivity contribution in [1.29, 1.82) is 0 Å². The van der Waals surface area contributed by atoms with Crippen LogP contribution in [0.25, 0.3) is 17.1 Å². The van der Waals surface area contributed by atoms with E-state index in [9.17, 15) is 4.79 Å². The number of aromatic amines is 1. The smallest absolute Gasteiger partial charge is 0.227 e. The minimum absolute atomic E-state index is 0.188. The van der Waals surface area contributed by atoms with Gasteiger partial charge in [0.1, 0.15) is 5.15 Å². The van der Waals surface area contributed by atoms with Crippen LogP contribution < -0.4 is 5.43 Å². The number of benzene rings is 1. The Morgan fingerprint density at radius 3 is 2.65 bits per heavy atom. The second-order valence-corrected chi connectivity index (χ2v) is 4.82. The summed E-state index contributed by atoms with van der Waals surface area (Å²) in [6, 6.07) is 11.1. The van der Waals surface area contributed by atoms with Crippen molar-refractivity contribution >= 4 is 11.6 Å². The maximum absolute atomic E-state index is 11.8. The fourth-order valence-corrected chi connectivity index (χ4v) is 2.00. The molecule has 2 aromatic heterocycles. The molecule has 0 aliphatic rings. The van der Waals surface area contributed by atoms with Crippen LogP contribution in [-0.2, 0) is 0 Å². The zero-order valence-corrected chi connectivity index (χ0v) is 11.4. The number of aryl methyl sites for hydroxylation is 1. The maximum Gasteiger partial charge on any atom is 0.227 e. The molecule has 20 heavy (non-hydrogen) atoms. The summed E-state index contributed by atoms with van der Waals surface area (Å²) in [7, 11) is 0. The first-order valence-electron chi connectivity index (χ1n) is 6.02. The Balaban J connectivity index is 2.02. The van der Waals surface area contributed by atoms with E-state index in [0.29, 0.717) is 0 Å². The van der Waals surface area contributed by atoms with E-state index in [2.05, 4.69) is 15.3 Å². The van der Waals surface area contributed by atoms with Crippen molar-refractivity contribution < 1.29 is 0 Å². The number of rotatable bonds is 2. The Kier molecular flexibility index (Phi) is 3.12. The normalized spacial score (nSPS) is 10.7. The topological polar surface area (TPSA) is 63.6 Å². The summed E-state index contributed by atoms with van der Waals surface area (Å²) in [5.41, 5.74) is 2.66. The van der Waals surface area contributed by atoms with Crippen LogP contribution in [0.15, 0.2) is 47.4 Å². The van der Waals surface area contributed by atoms with Gasteiger partial charge in [-0.2, -0.15) is 10.2 Å². The molecule has 0 amide bonds. The number of hydrogen-bond acceptors (Lipinski definition) is 3. The maximum atomic E-state index is 11.8. The van der Waals surface area contributed by atoms with Crippen molar-refractivity contribution in [3.63, 3.8) is 0 Å². The first kappa shape index (κ1) is 12.6. The number of H-pyrrole nitrogens is 1. The highest BCUT2D eigenvalue weighted by Gasteiger charge is 2.08. The Labute approximate surface area is 119 Å². The molecule has 0 bridgehead atoms. The standard InChI is InChI=1S/C14H11ClN4O/c1-9-2-4-10(5-3-9)11-6-7-19(18-11)14-12(20)8-13(15)16-17-14/h2-8H,1H3,(H,16,20). The molecular formula is C14H11ClN4O. The molecule has 6 heteroatoms. The largest absolute Gasteiger partial charge is 0.286 e. The molecule has 0 fully saturated rings. The summed E-state index contributed by atoms with van der Waals surface area (Å²) in [4.78, 5) is 11.8. The lowest BCUT2D eigenvalue weighted by Gasteiger charge is -2.00. The summed E-state index contributed by atoms with van der Waals surface area (Å²) in [6.45, 7) is 2.03. The van der Waals surface area contributed by atoms with Gasteiger partial charge in [-0.05, 0) is 13.0 Å². The molecule has 0 atom stereocenters. The highest BCUT2D eigenvalue weighted by atomic mass is 35.5. The molecule has 0 aliphatic heterocycles.